The maximum atomic E-state index is 12.4. The number of nitriles is 1. The number of hydrogen-bond acceptors (Lipinski definition) is 3. The van der Waals surface area contributed by atoms with Gasteiger partial charge >= 0.3 is 20.6 Å². The Bertz CT molecular complexity index is 420. The van der Waals surface area contributed by atoms with E-state index in [2.05, 4.69) is 4.52 Å². The monoisotopic (exact) mass is 324 g/mol. The topological polar surface area (TPSA) is 70.3 Å². The largest absolute Gasteiger partial charge is 0.695 e. The summed E-state index contributed by atoms with van der Waals surface area (Å²) in [6.07, 6.45) is -14.1. The van der Waals surface area contributed by atoms with Gasteiger partial charge in [0.1, 0.15) is 0 Å². The number of hydrogen-bond donors (Lipinski definition) is 1. The van der Waals surface area contributed by atoms with Crippen LogP contribution in [0.25, 0.3) is 0 Å². The second-order valence-electron chi connectivity index (χ2n) is 3.86. The number of allylic oxidation sites excluding steroid dienone is 1. The van der Waals surface area contributed by atoms with Crippen LogP contribution in [0.1, 0.15) is 19.8 Å². The van der Waals surface area contributed by atoms with Crippen molar-refractivity contribution in [3.63, 3.8) is 0 Å². The highest BCUT2D eigenvalue weighted by atomic mass is 31.1. The van der Waals surface area contributed by atoms with Crippen molar-refractivity contribution in [1.82, 2.24) is 0 Å². The minimum atomic E-state index is -5.10. The standard InChI is InChI=1S/C9H8F6NO3P/c1-6(2-3-16)7(19-20(17)18,4-8(10,11)12)5-9(13,14)15/h2H,4-5H2,1H3/p+1. The minimum Gasteiger partial charge on any atom is -0.193 e. The Labute approximate surface area is 110 Å². The Morgan fingerprint density at radius 3 is 1.90 bits per heavy atom. The van der Waals surface area contributed by atoms with Crippen LogP contribution in [0.3, 0.4) is 0 Å². The molecule has 20 heavy (non-hydrogen) atoms. The summed E-state index contributed by atoms with van der Waals surface area (Å²) in [5.41, 5.74) is -3.89. The lowest BCUT2D eigenvalue weighted by Crippen LogP contribution is -2.41. The van der Waals surface area contributed by atoms with Crippen LogP contribution in [-0.2, 0) is 9.09 Å². The van der Waals surface area contributed by atoms with Crippen LogP contribution in [0.2, 0.25) is 0 Å². The average Bonchev–Trinajstić information content (AvgIpc) is 2.10. The highest BCUT2D eigenvalue weighted by Crippen LogP contribution is 2.46. The Morgan fingerprint density at radius 1 is 1.25 bits per heavy atom. The van der Waals surface area contributed by atoms with Gasteiger partial charge in [0, 0.05) is 10.6 Å². The summed E-state index contributed by atoms with van der Waals surface area (Å²) in [5, 5.41) is 8.35. The molecule has 4 nitrogen and oxygen atoms in total. The molecule has 0 aromatic rings. The van der Waals surface area contributed by atoms with E-state index in [1.54, 1.807) is 0 Å². The molecule has 0 radical (unpaired) electrons. The lowest BCUT2D eigenvalue weighted by molar-refractivity contribution is -0.200. The lowest BCUT2D eigenvalue weighted by atomic mass is 9.87. The predicted octanol–water partition coefficient (Wildman–Crippen LogP) is 3.77. The SMILES string of the molecule is CC(=CC#N)C(CC(F)(F)F)(CC(F)(F)F)O[P+](=O)O. The summed E-state index contributed by atoms with van der Waals surface area (Å²) in [5.74, 6) is 0. The van der Waals surface area contributed by atoms with E-state index in [9.17, 15) is 30.9 Å². The van der Waals surface area contributed by atoms with Gasteiger partial charge in [0.25, 0.3) is 0 Å². The van der Waals surface area contributed by atoms with Gasteiger partial charge in [-0.15, -0.1) is 9.42 Å². The first-order chi connectivity index (χ1) is 8.81. The summed E-state index contributed by atoms with van der Waals surface area (Å²) < 4.78 is 89.2. The summed E-state index contributed by atoms with van der Waals surface area (Å²) in [6, 6.07) is 1.26. The normalized spacial score (nSPS) is 14.9. The average molecular weight is 324 g/mol. The first-order valence-electron chi connectivity index (χ1n) is 4.87. The quantitative estimate of drug-likeness (QED) is 0.475. The summed E-state index contributed by atoms with van der Waals surface area (Å²) in [4.78, 5) is 8.54. The van der Waals surface area contributed by atoms with Gasteiger partial charge in [0.05, 0.1) is 18.9 Å². The lowest BCUT2D eigenvalue weighted by Gasteiger charge is -2.30. The van der Waals surface area contributed by atoms with E-state index in [0.717, 1.165) is 6.92 Å². The van der Waals surface area contributed by atoms with Crippen molar-refractivity contribution in [2.45, 2.75) is 37.7 Å². The Morgan fingerprint density at radius 2 is 1.65 bits per heavy atom. The molecule has 11 heteroatoms. The van der Waals surface area contributed by atoms with Crippen LogP contribution in [-0.4, -0.2) is 22.8 Å². The molecule has 0 aliphatic rings. The van der Waals surface area contributed by atoms with Gasteiger partial charge in [0.2, 0.25) is 0 Å². The molecule has 0 fully saturated rings. The summed E-state index contributed by atoms with van der Waals surface area (Å²) in [6.45, 7) is 0.791. The molecule has 0 aliphatic carbocycles. The zero-order valence-corrected chi connectivity index (χ0v) is 10.8. The van der Waals surface area contributed by atoms with Gasteiger partial charge < -0.3 is 0 Å². The number of rotatable bonds is 5. The Hall–Kier alpha value is -1.17. The first kappa shape index (κ1) is 18.8. The van der Waals surface area contributed by atoms with Crippen LogP contribution in [0.15, 0.2) is 11.6 Å². The van der Waals surface area contributed by atoms with E-state index < -0.39 is 44.6 Å². The zero-order valence-electron chi connectivity index (χ0n) is 9.92. The van der Waals surface area contributed by atoms with Crippen molar-refractivity contribution in [2.24, 2.45) is 0 Å². The van der Waals surface area contributed by atoms with Crippen molar-refractivity contribution in [3.05, 3.63) is 11.6 Å². The molecule has 0 aromatic heterocycles. The van der Waals surface area contributed by atoms with Crippen LogP contribution in [0, 0.1) is 11.3 Å². The summed E-state index contributed by atoms with van der Waals surface area (Å²) in [7, 11) is -3.74. The van der Waals surface area contributed by atoms with Crippen LogP contribution < -0.4 is 0 Å². The third-order valence-electron chi connectivity index (χ3n) is 2.22. The van der Waals surface area contributed by atoms with E-state index >= 15 is 0 Å². The molecular formula is C9H9F6NO3P+. The van der Waals surface area contributed by atoms with E-state index in [1.165, 1.54) is 6.07 Å². The van der Waals surface area contributed by atoms with Crippen LogP contribution in [0.4, 0.5) is 26.3 Å². The van der Waals surface area contributed by atoms with Gasteiger partial charge in [0.15, 0.2) is 5.60 Å². The van der Waals surface area contributed by atoms with Gasteiger partial charge in [-0.1, -0.05) is 0 Å². The van der Waals surface area contributed by atoms with E-state index in [0.29, 0.717) is 6.08 Å². The molecule has 0 aromatic carbocycles. The zero-order chi connectivity index (χ0) is 16.2. The van der Waals surface area contributed by atoms with Crippen molar-refractivity contribution < 1.29 is 40.3 Å². The van der Waals surface area contributed by atoms with E-state index in [4.69, 9.17) is 10.2 Å². The third-order valence-corrected chi connectivity index (χ3v) is 2.73. The van der Waals surface area contributed by atoms with Crippen molar-refractivity contribution in [1.29, 1.82) is 5.26 Å². The molecule has 0 bridgehead atoms. The van der Waals surface area contributed by atoms with Gasteiger partial charge in [-0.05, 0) is 12.5 Å². The van der Waals surface area contributed by atoms with Crippen molar-refractivity contribution >= 4 is 8.25 Å². The molecule has 0 spiro atoms. The first-order valence-corrected chi connectivity index (χ1v) is 6.00. The Balaban J connectivity index is 5.83. The van der Waals surface area contributed by atoms with Gasteiger partial charge in [-0.25, -0.2) is 0 Å². The third kappa shape index (κ3) is 6.84. The number of halogens is 6. The fraction of sp³-hybridized carbons (Fsp3) is 0.667. The molecule has 0 saturated heterocycles. The van der Waals surface area contributed by atoms with Crippen LogP contribution in [0.5, 0.6) is 0 Å². The van der Waals surface area contributed by atoms with Crippen molar-refractivity contribution in [2.75, 3.05) is 0 Å². The highest BCUT2D eigenvalue weighted by molar-refractivity contribution is 7.32. The molecule has 0 aliphatic heterocycles. The van der Waals surface area contributed by atoms with E-state index in [1.807, 2.05) is 0 Å². The molecule has 114 valence electrons. The smallest absolute Gasteiger partial charge is 0.193 e. The second-order valence-corrected chi connectivity index (χ2v) is 4.52. The molecule has 0 rings (SSSR count). The summed E-state index contributed by atoms with van der Waals surface area (Å²) >= 11 is 0. The Kier molecular flexibility index (Phi) is 6.14. The fourth-order valence-corrected chi connectivity index (χ4v) is 2.08. The predicted molar refractivity (Wildman–Crippen MR) is 54.4 cm³/mol. The number of nitrogens with zero attached hydrogens (tertiary/aromatic N) is 1. The number of alkyl halides is 6. The maximum Gasteiger partial charge on any atom is 0.695 e. The molecular weight excluding hydrogens is 315 g/mol. The molecule has 0 amide bonds. The molecule has 1 N–H and O–H groups in total. The minimum absolute atomic E-state index is 0.413. The second kappa shape index (κ2) is 6.52. The molecule has 0 heterocycles. The van der Waals surface area contributed by atoms with Crippen LogP contribution >= 0.6 is 8.25 Å². The maximum absolute atomic E-state index is 12.4. The fourth-order valence-electron chi connectivity index (χ4n) is 1.50. The van der Waals surface area contributed by atoms with Gasteiger partial charge in [-0.3, -0.25) is 0 Å². The molecule has 1 unspecified atom stereocenters. The van der Waals surface area contributed by atoms with Gasteiger partial charge in [-0.2, -0.15) is 31.6 Å². The van der Waals surface area contributed by atoms with Crippen molar-refractivity contribution in [3.8, 4) is 6.07 Å². The molecule has 1 atom stereocenters. The highest BCUT2D eigenvalue weighted by Gasteiger charge is 2.55. The molecule has 0 saturated carbocycles. The van der Waals surface area contributed by atoms with E-state index in [-0.39, 0.29) is 0 Å².